The van der Waals surface area contributed by atoms with Crippen molar-refractivity contribution in [2.24, 2.45) is 0 Å². The van der Waals surface area contributed by atoms with Gasteiger partial charge in [-0.2, -0.15) is 15.5 Å². The summed E-state index contributed by atoms with van der Waals surface area (Å²) in [6.45, 7) is 5.89. The topological polar surface area (TPSA) is 76.6 Å². The van der Waals surface area contributed by atoms with E-state index in [0.717, 1.165) is 0 Å². The number of halogens is 1. The Balaban J connectivity index is 2.24. The standard InChI is InChI=1S/C16H14FN5O/c1-4-23-11-5-6-14(12(17)7-11)22-10(3)15-9(2)19-20-13(8-18)16(15)21-22/h5-7H,4H2,1-3H3. The van der Waals surface area contributed by atoms with Gasteiger partial charge in [-0.1, -0.05) is 0 Å². The van der Waals surface area contributed by atoms with Crippen LogP contribution in [0.5, 0.6) is 5.75 Å². The van der Waals surface area contributed by atoms with Crippen molar-refractivity contribution in [3.8, 4) is 17.5 Å². The third kappa shape index (κ3) is 2.38. The minimum atomic E-state index is -0.455. The lowest BCUT2D eigenvalue weighted by molar-refractivity contribution is 0.338. The van der Waals surface area contributed by atoms with E-state index in [9.17, 15) is 4.39 Å². The maximum atomic E-state index is 14.4. The lowest BCUT2D eigenvalue weighted by Gasteiger charge is -2.08. The first-order valence-corrected chi connectivity index (χ1v) is 7.12. The second-order valence-electron chi connectivity index (χ2n) is 5.01. The molecule has 3 rings (SSSR count). The molecule has 23 heavy (non-hydrogen) atoms. The lowest BCUT2D eigenvalue weighted by atomic mass is 10.2. The number of nitrogens with zero attached hydrogens (tertiary/aromatic N) is 5. The van der Waals surface area contributed by atoms with Crippen molar-refractivity contribution in [3.63, 3.8) is 0 Å². The summed E-state index contributed by atoms with van der Waals surface area (Å²) in [7, 11) is 0. The van der Waals surface area contributed by atoms with Crippen LogP contribution < -0.4 is 4.74 Å². The van der Waals surface area contributed by atoms with E-state index in [1.807, 2.05) is 13.0 Å². The minimum absolute atomic E-state index is 0.124. The lowest BCUT2D eigenvalue weighted by Crippen LogP contribution is -2.02. The molecule has 0 saturated heterocycles. The predicted molar refractivity (Wildman–Crippen MR) is 82.0 cm³/mol. The number of benzene rings is 1. The monoisotopic (exact) mass is 311 g/mol. The van der Waals surface area contributed by atoms with Crippen LogP contribution in [0.1, 0.15) is 24.0 Å². The largest absolute Gasteiger partial charge is 0.494 e. The molecule has 0 fully saturated rings. The molecule has 1 aromatic carbocycles. The van der Waals surface area contributed by atoms with E-state index in [1.54, 1.807) is 26.0 Å². The Morgan fingerprint density at radius 3 is 2.74 bits per heavy atom. The van der Waals surface area contributed by atoms with Crippen LogP contribution in [0.25, 0.3) is 16.6 Å². The summed E-state index contributed by atoms with van der Waals surface area (Å²) < 4.78 is 21.2. The van der Waals surface area contributed by atoms with Gasteiger partial charge in [0.15, 0.2) is 11.5 Å². The molecule has 0 atom stereocenters. The fourth-order valence-electron chi connectivity index (χ4n) is 2.55. The normalized spacial score (nSPS) is 10.7. The van der Waals surface area contributed by atoms with Crippen molar-refractivity contribution in [2.75, 3.05) is 6.61 Å². The van der Waals surface area contributed by atoms with Gasteiger partial charge in [0.25, 0.3) is 0 Å². The van der Waals surface area contributed by atoms with Crippen LogP contribution in [0.15, 0.2) is 18.2 Å². The molecule has 2 aromatic heterocycles. The van der Waals surface area contributed by atoms with Crippen LogP contribution in [0.2, 0.25) is 0 Å². The zero-order chi connectivity index (χ0) is 16.6. The summed E-state index contributed by atoms with van der Waals surface area (Å²) in [5, 5.41) is 22.0. The highest BCUT2D eigenvalue weighted by Crippen LogP contribution is 2.27. The van der Waals surface area contributed by atoms with Crippen LogP contribution in [0, 0.1) is 31.0 Å². The number of hydrogen-bond acceptors (Lipinski definition) is 5. The van der Waals surface area contributed by atoms with Gasteiger partial charge >= 0.3 is 0 Å². The summed E-state index contributed by atoms with van der Waals surface area (Å²) in [5.41, 5.74) is 2.18. The molecule has 7 heteroatoms. The molecule has 6 nitrogen and oxygen atoms in total. The van der Waals surface area contributed by atoms with Crippen LogP contribution in [-0.4, -0.2) is 26.6 Å². The fraction of sp³-hybridized carbons (Fsp3) is 0.250. The first-order valence-electron chi connectivity index (χ1n) is 7.12. The van der Waals surface area contributed by atoms with Gasteiger partial charge in [-0.25, -0.2) is 9.07 Å². The third-order valence-corrected chi connectivity index (χ3v) is 3.57. The molecule has 0 amide bonds. The molecular formula is C16H14FN5O. The summed E-state index contributed by atoms with van der Waals surface area (Å²) in [5.74, 6) is 0.00396. The molecule has 0 spiro atoms. The molecule has 0 saturated carbocycles. The van der Waals surface area contributed by atoms with Gasteiger partial charge < -0.3 is 4.74 Å². The van der Waals surface area contributed by atoms with Crippen molar-refractivity contribution in [3.05, 3.63) is 41.1 Å². The van der Waals surface area contributed by atoms with Crippen molar-refractivity contribution in [2.45, 2.75) is 20.8 Å². The molecule has 0 aliphatic rings. The van der Waals surface area contributed by atoms with E-state index in [4.69, 9.17) is 10.00 Å². The van der Waals surface area contributed by atoms with E-state index in [2.05, 4.69) is 15.3 Å². The summed E-state index contributed by atoms with van der Waals surface area (Å²) in [6, 6.07) is 6.57. The fourth-order valence-corrected chi connectivity index (χ4v) is 2.55. The van der Waals surface area contributed by atoms with Crippen molar-refractivity contribution in [1.29, 1.82) is 5.26 Å². The molecular weight excluding hydrogens is 297 g/mol. The summed E-state index contributed by atoms with van der Waals surface area (Å²) in [4.78, 5) is 0. The number of nitriles is 1. The highest BCUT2D eigenvalue weighted by Gasteiger charge is 2.18. The van der Waals surface area contributed by atoms with Crippen molar-refractivity contribution >= 4 is 10.9 Å². The average Bonchev–Trinajstić information content (AvgIpc) is 2.87. The molecule has 0 unspecified atom stereocenters. The van der Waals surface area contributed by atoms with Crippen LogP contribution in [0.4, 0.5) is 4.39 Å². The first kappa shape index (κ1) is 14.9. The highest BCUT2D eigenvalue weighted by atomic mass is 19.1. The number of rotatable bonds is 3. The second kappa shape index (κ2) is 5.65. The number of aryl methyl sites for hydroxylation is 2. The van der Waals surface area contributed by atoms with Crippen molar-refractivity contribution in [1.82, 2.24) is 20.0 Å². The Morgan fingerprint density at radius 2 is 2.09 bits per heavy atom. The molecule has 3 aromatic rings. The predicted octanol–water partition coefficient (Wildman–Crippen LogP) is 2.84. The Morgan fingerprint density at radius 1 is 1.30 bits per heavy atom. The molecule has 0 aliphatic carbocycles. The second-order valence-corrected chi connectivity index (χ2v) is 5.01. The Labute approximate surface area is 132 Å². The molecule has 116 valence electrons. The number of hydrogen-bond donors (Lipinski definition) is 0. The van der Waals surface area contributed by atoms with Gasteiger partial charge in [0.2, 0.25) is 0 Å². The molecule has 0 radical (unpaired) electrons. The van der Waals surface area contributed by atoms with Crippen molar-refractivity contribution < 1.29 is 9.13 Å². The maximum Gasteiger partial charge on any atom is 0.191 e. The molecule has 0 bridgehead atoms. The van der Waals surface area contributed by atoms with E-state index in [0.29, 0.717) is 34.6 Å². The first-order chi connectivity index (χ1) is 11.1. The van der Waals surface area contributed by atoms with Crippen LogP contribution >= 0.6 is 0 Å². The van der Waals surface area contributed by atoms with E-state index in [1.165, 1.54) is 10.7 Å². The van der Waals surface area contributed by atoms with E-state index in [-0.39, 0.29) is 11.4 Å². The Bertz CT molecular complexity index is 942. The zero-order valence-corrected chi connectivity index (χ0v) is 13.0. The number of fused-ring (bicyclic) bond motifs is 1. The smallest absolute Gasteiger partial charge is 0.191 e. The average molecular weight is 311 g/mol. The molecule has 2 heterocycles. The van der Waals surface area contributed by atoms with Gasteiger partial charge in [-0.05, 0) is 32.9 Å². The third-order valence-electron chi connectivity index (χ3n) is 3.57. The summed E-state index contributed by atoms with van der Waals surface area (Å²) in [6.07, 6.45) is 0. The number of ether oxygens (including phenoxy) is 1. The quantitative estimate of drug-likeness (QED) is 0.743. The maximum absolute atomic E-state index is 14.4. The van der Waals surface area contributed by atoms with Crippen LogP contribution in [0.3, 0.4) is 0 Å². The van der Waals surface area contributed by atoms with Gasteiger partial charge in [0, 0.05) is 11.5 Å². The van der Waals surface area contributed by atoms with Gasteiger partial charge in [-0.15, -0.1) is 5.10 Å². The number of aromatic nitrogens is 4. The van der Waals surface area contributed by atoms with Gasteiger partial charge in [0.05, 0.1) is 18.0 Å². The minimum Gasteiger partial charge on any atom is -0.494 e. The SMILES string of the molecule is CCOc1ccc(-n2nc3c(C#N)nnc(C)c3c2C)c(F)c1. The molecule has 0 aliphatic heterocycles. The Kier molecular flexibility index (Phi) is 3.66. The molecule has 0 N–H and O–H groups in total. The highest BCUT2D eigenvalue weighted by molar-refractivity contribution is 5.87. The van der Waals surface area contributed by atoms with Gasteiger partial charge in [-0.3, -0.25) is 0 Å². The van der Waals surface area contributed by atoms with Crippen LogP contribution in [-0.2, 0) is 0 Å². The van der Waals surface area contributed by atoms with E-state index >= 15 is 0 Å². The van der Waals surface area contributed by atoms with Gasteiger partial charge in [0.1, 0.15) is 23.0 Å². The Hall–Kier alpha value is -3.01. The summed E-state index contributed by atoms with van der Waals surface area (Å²) >= 11 is 0. The zero-order valence-electron chi connectivity index (χ0n) is 13.0. The van der Waals surface area contributed by atoms with E-state index < -0.39 is 5.82 Å².